The Balaban J connectivity index is 1.88. The van der Waals surface area contributed by atoms with Crippen molar-refractivity contribution in [3.8, 4) is 0 Å². The minimum Gasteiger partial charge on any atom is -0.271 e. The zero-order valence-electron chi connectivity index (χ0n) is 11.7. The predicted molar refractivity (Wildman–Crippen MR) is 83.6 cm³/mol. The third-order valence-corrected chi connectivity index (χ3v) is 4.75. The number of rotatable bonds is 5. The maximum absolute atomic E-state index is 14.1. The Morgan fingerprint density at radius 1 is 1.14 bits per heavy atom. The first-order valence-electron chi connectivity index (χ1n) is 7.12. The topological polar surface area (TPSA) is 38.0 Å². The summed E-state index contributed by atoms with van der Waals surface area (Å²) in [7, 11) is 0. The summed E-state index contributed by atoms with van der Waals surface area (Å²) in [5, 5.41) is 0.160. The minimum absolute atomic E-state index is 0.00473. The molecule has 1 aliphatic carbocycles. The van der Waals surface area contributed by atoms with Crippen LogP contribution in [0.2, 0.25) is 5.02 Å². The van der Waals surface area contributed by atoms with Crippen LogP contribution in [0.5, 0.6) is 0 Å². The summed E-state index contributed by atoms with van der Waals surface area (Å²) in [5.74, 6) is 5.42. The summed E-state index contributed by atoms with van der Waals surface area (Å²) in [5.41, 5.74) is 4.76. The molecule has 2 aromatic rings. The molecule has 1 unspecified atom stereocenters. The zero-order chi connectivity index (χ0) is 14.9. The molecule has 0 aliphatic heterocycles. The molecule has 0 saturated heterocycles. The highest BCUT2D eigenvalue weighted by Gasteiger charge is 2.50. The van der Waals surface area contributed by atoms with Gasteiger partial charge in [0.25, 0.3) is 0 Å². The second-order valence-corrected chi connectivity index (χ2v) is 6.07. The van der Waals surface area contributed by atoms with E-state index in [0.717, 1.165) is 12.8 Å². The number of nitrogens with two attached hydrogens (primary N) is 1. The molecule has 0 radical (unpaired) electrons. The van der Waals surface area contributed by atoms with Gasteiger partial charge in [-0.15, -0.1) is 0 Å². The quantitative estimate of drug-likeness (QED) is 0.654. The highest BCUT2D eigenvalue weighted by atomic mass is 35.5. The van der Waals surface area contributed by atoms with Crippen LogP contribution in [0.4, 0.5) is 4.39 Å². The van der Waals surface area contributed by atoms with Crippen molar-refractivity contribution in [3.63, 3.8) is 0 Å². The second kappa shape index (κ2) is 5.76. The van der Waals surface area contributed by atoms with Gasteiger partial charge in [-0.05, 0) is 36.5 Å². The number of hydrogen-bond donors (Lipinski definition) is 2. The van der Waals surface area contributed by atoms with E-state index in [4.69, 9.17) is 17.4 Å². The van der Waals surface area contributed by atoms with E-state index >= 15 is 0 Å². The molecule has 3 rings (SSSR count). The van der Waals surface area contributed by atoms with Crippen LogP contribution < -0.4 is 11.3 Å². The van der Waals surface area contributed by atoms with Crippen molar-refractivity contribution >= 4 is 11.6 Å². The van der Waals surface area contributed by atoms with Gasteiger partial charge in [0.1, 0.15) is 5.82 Å². The molecule has 0 heterocycles. The molecule has 0 spiro atoms. The Labute approximate surface area is 129 Å². The lowest BCUT2D eigenvalue weighted by Gasteiger charge is -2.27. The molecular weight excluding hydrogens is 287 g/mol. The number of halogens is 2. The van der Waals surface area contributed by atoms with Gasteiger partial charge in [-0.25, -0.2) is 4.39 Å². The molecule has 4 heteroatoms. The summed E-state index contributed by atoms with van der Waals surface area (Å²) < 4.78 is 14.1. The number of hydrogen-bond acceptors (Lipinski definition) is 2. The Kier molecular flexibility index (Phi) is 3.98. The van der Waals surface area contributed by atoms with Crippen molar-refractivity contribution in [1.82, 2.24) is 5.43 Å². The molecule has 0 bridgehead atoms. The van der Waals surface area contributed by atoms with E-state index < -0.39 is 0 Å². The van der Waals surface area contributed by atoms with E-state index in [1.165, 1.54) is 5.56 Å². The standard InChI is InChI=1S/C17H18ClFN2/c18-14-8-4-5-12(16(14)19)11-15(21-20)17(9-10-17)13-6-2-1-3-7-13/h1-8,15,21H,9-11,20H2. The molecular formula is C17H18ClFN2. The van der Waals surface area contributed by atoms with Crippen molar-refractivity contribution in [2.75, 3.05) is 0 Å². The van der Waals surface area contributed by atoms with Gasteiger partial charge in [0.05, 0.1) is 5.02 Å². The van der Waals surface area contributed by atoms with E-state index in [1.54, 1.807) is 18.2 Å². The molecule has 2 aromatic carbocycles. The summed E-state index contributed by atoms with van der Waals surface area (Å²) >= 11 is 5.86. The fourth-order valence-corrected chi connectivity index (χ4v) is 3.28. The molecule has 0 aromatic heterocycles. The molecule has 1 fully saturated rings. The summed E-state index contributed by atoms with van der Waals surface area (Å²) in [4.78, 5) is 0. The first-order chi connectivity index (χ1) is 10.2. The molecule has 2 nitrogen and oxygen atoms in total. The van der Waals surface area contributed by atoms with Crippen molar-refractivity contribution in [2.45, 2.75) is 30.7 Å². The summed E-state index contributed by atoms with van der Waals surface area (Å²) in [6.07, 6.45) is 2.65. The van der Waals surface area contributed by atoms with E-state index in [0.29, 0.717) is 12.0 Å². The Bertz CT molecular complexity index is 626. The lowest BCUT2D eigenvalue weighted by atomic mass is 9.84. The SMILES string of the molecule is NNC(Cc1cccc(Cl)c1F)C1(c2ccccc2)CC1. The van der Waals surface area contributed by atoms with Crippen LogP contribution in [-0.4, -0.2) is 6.04 Å². The van der Waals surface area contributed by atoms with Gasteiger partial charge in [0.2, 0.25) is 0 Å². The maximum Gasteiger partial charge on any atom is 0.145 e. The van der Waals surface area contributed by atoms with Crippen molar-refractivity contribution in [2.24, 2.45) is 5.84 Å². The molecule has 110 valence electrons. The Morgan fingerprint density at radius 2 is 1.86 bits per heavy atom. The predicted octanol–water partition coefficient (Wildman–Crippen LogP) is 3.59. The van der Waals surface area contributed by atoms with Crippen LogP contribution in [0.3, 0.4) is 0 Å². The zero-order valence-corrected chi connectivity index (χ0v) is 12.4. The van der Waals surface area contributed by atoms with Crippen LogP contribution in [0, 0.1) is 5.82 Å². The van der Waals surface area contributed by atoms with Crippen LogP contribution in [0.15, 0.2) is 48.5 Å². The van der Waals surface area contributed by atoms with Crippen LogP contribution >= 0.6 is 11.6 Å². The van der Waals surface area contributed by atoms with Gasteiger partial charge < -0.3 is 0 Å². The number of nitrogens with one attached hydrogen (secondary N) is 1. The van der Waals surface area contributed by atoms with Gasteiger partial charge in [0.15, 0.2) is 0 Å². The largest absolute Gasteiger partial charge is 0.271 e. The molecule has 21 heavy (non-hydrogen) atoms. The first kappa shape index (κ1) is 14.5. The average molecular weight is 305 g/mol. The molecule has 1 saturated carbocycles. The van der Waals surface area contributed by atoms with E-state index in [2.05, 4.69) is 17.6 Å². The summed E-state index contributed by atoms with van der Waals surface area (Å²) in [6, 6.07) is 15.4. The van der Waals surface area contributed by atoms with Gasteiger partial charge in [-0.3, -0.25) is 11.3 Å². The van der Waals surface area contributed by atoms with Crippen LogP contribution in [0.1, 0.15) is 24.0 Å². The Hall–Kier alpha value is -1.42. The minimum atomic E-state index is -0.344. The highest BCUT2D eigenvalue weighted by Crippen LogP contribution is 2.51. The van der Waals surface area contributed by atoms with Gasteiger partial charge in [0, 0.05) is 11.5 Å². The van der Waals surface area contributed by atoms with Gasteiger partial charge >= 0.3 is 0 Å². The molecule has 1 atom stereocenters. The average Bonchev–Trinajstić information content (AvgIpc) is 3.31. The van der Waals surface area contributed by atoms with Gasteiger partial charge in [-0.2, -0.15) is 0 Å². The summed E-state index contributed by atoms with van der Waals surface area (Å²) in [6.45, 7) is 0. The van der Waals surface area contributed by atoms with E-state index in [1.807, 2.05) is 18.2 Å². The lowest BCUT2D eigenvalue weighted by molar-refractivity contribution is 0.414. The van der Waals surface area contributed by atoms with Crippen molar-refractivity contribution < 1.29 is 4.39 Å². The maximum atomic E-state index is 14.1. The fraction of sp³-hybridized carbons (Fsp3) is 0.294. The van der Waals surface area contributed by atoms with E-state index in [-0.39, 0.29) is 22.3 Å². The molecule has 1 aliphatic rings. The monoisotopic (exact) mass is 304 g/mol. The van der Waals surface area contributed by atoms with Crippen molar-refractivity contribution in [1.29, 1.82) is 0 Å². The van der Waals surface area contributed by atoms with E-state index in [9.17, 15) is 4.39 Å². The third kappa shape index (κ3) is 2.69. The number of hydrazine groups is 1. The Morgan fingerprint density at radius 3 is 2.48 bits per heavy atom. The second-order valence-electron chi connectivity index (χ2n) is 5.66. The van der Waals surface area contributed by atoms with Gasteiger partial charge in [-0.1, -0.05) is 54.1 Å². The smallest absolute Gasteiger partial charge is 0.145 e. The first-order valence-corrected chi connectivity index (χ1v) is 7.50. The fourth-order valence-electron chi connectivity index (χ4n) is 3.08. The van der Waals surface area contributed by atoms with Crippen LogP contribution in [0.25, 0.3) is 0 Å². The normalized spacial score (nSPS) is 17.5. The van der Waals surface area contributed by atoms with Crippen molar-refractivity contribution in [3.05, 3.63) is 70.5 Å². The molecule has 0 amide bonds. The lowest BCUT2D eigenvalue weighted by Crippen LogP contribution is -2.45. The third-order valence-electron chi connectivity index (χ3n) is 4.46. The molecule has 3 N–H and O–H groups in total. The number of benzene rings is 2. The van der Waals surface area contributed by atoms with Crippen LogP contribution in [-0.2, 0) is 11.8 Å². The highest BCUT2D eigenvalue weighted by molar-refractivity contribution is 6.30.